The second-order valence-corrected chi connectivity index (χ2v) is 9.44. The molecule has 0 saturated carbocycles. The third kappa shape index (κ3) is 4.13. The molecule has 3 aromatic rings. The SMILES string of the molecule is O=C(CSc1ccc(Br)cc1)N1CCC(c2nc3ccccc3s2)CC1. The van der Waals surface area contributed by atoms with Gasteiger partial charge in [0.1, 0.15) is 0 Å². The standard InChI is InChI=1S/C20H19BrN2OS2/c21-15-5-7-16(8-6-15)25-13-19(24)23-11-9-14(10-12-23)20-22-17-3-1-2-4-18(17)26-20/h1-8,14H,9-13H2. The maximum Gasteiger partial charge on any atom is 0.232 e. The molecule has 0 radical (unpaired) electrons. The quantitative estimate of drug-likeness (QED) is 0.491. The predicted octanol–water partition coefficient (Wildman–Crippen LogP) is 5.56. The molecule has 0 N–H and O–H groups in total. The molecule has 1 aromatic heterocycles. The van der Waals surface area contributed by atoms with Crippen molar-refractivity contribution in [3.05, 3.63) is 58.0 Å². The van der Waals surface area contributed by atoms with E-state index in [2.05, 4.69) is 34.1 Å². The van der Waals surface area contributed by atoms with Crippen molar-refractivity contribution in [2.24, 2.45) is 0 Å². The lowest BCUT2D eigenvalue weighted by Crippen LogP contribution is -2.38. The Labute approximate surface area is 169 Å². The van der Waals surface area contributed by atoms with Gasteiger partial charge < -0.3 is 4.90 Å². The lowest BCUT2D eigenvalue weighted by molar-refractivity contribution is -0.129. The molecule has 1 aliphatic heterocycles. The summed E-state index contributed by atoms with van der Waals surface area (Å²) < 4.78 is 2.32. The van der Waals surface area contributed by atoms with Gasteiger partial charge in [0.15, 0.2) is 0 Å². The number of thioether (sulfide) groups is 1. The number of rotatable bonds is 4. The highest BCUT2D eigenvalue weighted by Gasteiger charge is 2.25. The van der Waals surface area contributed by atoms with E-state index in [-0.39, 0.29) is 5.91 Å². The first-order chi connectivity index (χ1) is 12.7. The molecule has 0 bridgehead atoms. The average molecular weight is 447 g/mol. The Morgan fingerprint density at radius 2 is 1.88 bits per heavy atom. The molecule has 3 nitrogen and oxygen atoms in total. The number of piperidine rings is 1. The van der Waals surface area contributed by atoms with Crippen molar-refractivity contribution in [3.8, 4) is 0 Å². The second kappa shape index (κ2) is 8.11. The summed E-state index contributed by atoms with van der Waals surface area (Å²) in [5.74, 6) is 1.23. The van der Waals surface area contributed by atoms with Gasteiger partial charge in [-0.2, -0.15) is 0 Å². The van der Waals surface area contributed by atoms with Crippen LogP contribution in [0, 0.1) is 0 Å². The van der Waals surface area contributed by atoms with Gasteiger partial charge in [-0.15, -0.1) is 23.1 Å². The normalized spacial score (nSPS) is 15.5. The fraction of sp³-hybridized carbons (Fsp3) is 0.300. The number of carbonyl (C=O) groups excluding carboxylic acids is 1. The zero-order valence-corrected chi connectivity index (χ0v) is 17.4. The van der Waals surface area contributed by atoms with Crippen LogP contribution in [0.3, 0.4) is 0 Å². The van der Waals surface area contributed by atoms with E-state index in [4.69, 9.17) is 4.98 Å². The van der Waals surface area contributed by atoms with Crippen molar-refractivity contribution < 1.29 is 4.79 Å². The molecule has 0 spiro atoms. The van der Waals surface area contributed by atoms with Gasteiger partial charge in [0.25, 0.3) is 0 Å². The van der Waals surface area contributed by atoms with Crippen LogP contribution in [0.2, 0.25) is 0 Å². The number of fused-ring (bicyclic) bond motifs is 1. The molecule has 1 fully saturated rings. The number of hydrogen-bond donors (Lipinski definition) is 0. The maximum atomic E-state index is 12.5. The number of nitrogens with zero attached hydrogens (tertiary/aromatic N) is 2. The fourth-order valence-electron chi connectivity index (χ4n) is 3.21. The third-order valence-electron chi connectivity index (χ3n) is 4.68. The number of thiazole rings is 1. The number of amides is 1. The summed E-state index contributed by atoms with van der Waals surface area (Å²) in [7, 11) is 0. The number of aromatic nitrogens is 1. The van der Waals surface area contributed by atoms with Crippen LogP contribution in [0.1, 0.15) is 23.8 Å². The minimum atomic E-state index is 0.237. The van der Waals surface area contributed by atoms with Crippen LogP contribution in [0.15, 0.2) is 57.9 Å². The number of benzene rings is 2. The van der Waals surface area contributed by atoms with Crippen LogP contribution in [0.4, 0.5) is 0 Å². The summed E-state index contributed by atoms with van der Waals surface area (Å²) in [5.41, 5.74) is 1.09. The Bertz CT molecular complexity index is 869. The smallest absolute Gasteiger partial charge is 0.232 e. The molecular weight excluding hydrogens is 428 g/mol. The Balaban J connectivity index is 1.31. The fourth-order valence-corrected chi connectivity index (χ4v) is 5.41. The molecular formula is C20H19BrN2OS2. The van der Waals surface area contributed by atoms with Crippen molar-refractivity contribution >= 4 is 55.2 Å². The van der Waals surface area contributed by atoms with E-state index in [0.717, 1.165) is 40.8 Å². The highest BCUT2D eigenvalue weighted by atomic mass is 79.9. The van der Waals surface area contributed by atoms with E-state index < -0.39 is 0 Å². The van der Waals surface area contributed by atoms with Crippen molar-refractivity contribution in [1.82, 2.24) is 9.88 Å². The zero-order valence-electron chi connectivity index (χ0n) is 14.2. The maximum absolute atomic E-state index is 12.5. The summed E-state index contributed by atoms with van der Waals surface area (Å²) in [6.07, 6.45) is 2.02. The molecule has 1 saturated heterocycles. The summed E-state index contributed by atoms with van der Waals surface area (Å²) in [6, 6.07) is 16.4. The van der Waals surface area contributed by atoms with Crippen molar-refractivity contribution in [2.75, 3.05) is 18.8 Å². The molecule has 0 aliphatic carbocycles. The largest absolute Gasteiger partial charge is 0.342 e. The predicted molar refractivity (Wildman–Crippen MR) is 113 cm³/mol. The van der Waals surface area contributed by atoms with Crippen LogP contribution in [-0.4, -0.2) is 34.6 Å². The van der Waals surface area contributed by atoms with Crippen LogP contribution in [0.5, 0.6) is 0 Å². The third-order valence-corrected chi connectivity index (χ3v) is 7.41. The molecule has 26 heavy (non-hydrogen) atoms. The molecule has 1 aliphatic rings. The number of halogens is 1. The molecule has 2 heterocycles. The van der Waals surface area contributed by atoms with Gasteiger partial charge >= 0.3 is 0 Å². The first-order valence-corrected chi connectivity index (χ1v) is 11.3. The van der Waals surface area contributed by atoms with Crippen molar-refractivity contribution in [2.45, 2.75) is 23.7 Å². The van der Waals surface area contributed by atoms with Crippen molar-refractivity contribution in [3.63, 3.8) is 0 Å². The molecule has 0 unspecified atom stereocenters. The Morgan fingerprint density at radius 1 is 1.15 bits per heavy atom. The molecule has 6 heteroatoms. The number of para-hydroxylation sites is 1. The zero-order chi connectivity index (χ0) is 17.9. The van der Waals surface area contributed by atoms with Gasteiger partial charge in [-0.25, -0.2) is 4.98 Å². The van der Waals surface area contributed by atoms with Gasteiger partial charge in [0.2, 0.25) is 5.91 Å². The van der Waals surface area contributed by atoms with E-state index in [9.17, 15) is 4.79 Å². The summed E-state index contributed by atoms with van der Waals surface area (Å²) in [6.45, 7) is 1.67. The van der Waals surface area contributed by atoms with E-state index in [0.29, 0.717) is 11.7 Å². The van der Waals surface area contributed by atoms with E-state index in [1.807, 2.05) is 35.2 Å². The highest BCUT2D eigenvalue weighted by molar-refractivity contribution is 9.10. The van der Waals surface area contributed by atoms with E-state index >= 15 is 0 Å². The lowest BCUT2D eigenvalue weighted by Gasteiger charge is -2.31. The van der Waals surface area contributed by atoms with Crippen LogP contribution >= 0.6 is 39.0 Å². The summed E-state index contributed by atoms with van der Waals surface area (Å²) in [4.78, 5) is 20.4. The number of likely N-dealkylation sites (tertiary alicyclic amines) is 1. The van der Waals surface area contributed by atoms with Crippen molar-refractivity contribution in [1.29, 1.82) is 0 Å². The van der Waals surface area contributed by atoms with Gasteiger partial charge in [-0.3, -0.25) is 4.79 Å². The molecule has 4 rings (SSSR count). The van der Waals surface area contributed by atoms with Gasteiger partial charge in [-0.1, -0.05) is 28.1 Å². The first kappa shape index (κ1) is 18.0. The Kier molecular flexibility index (Phi) is 5.62. The summed E-state index contributed by atoms with van der Waals surface area (Å²) >= 11 is 6.84. The second-order valence-electron chi connectivity index (χ2n) is 6.42. The highest BCUT2D eigenvalue weighted by Crippen LogP contribution is 2.34. The molecule has 2 aromatic carbocycles. The monoisotopic (exact) mass is 446 g/mol. The van der Waals surface area contributed by atoms with Gasteiger partial charge in [0.05, 0.1) is 21.0 Å². The topological polar surface area (TPSA) is 33.2 Å². The van der Waals surface area contributed by atoms with Crippen LogP contribution in [0.25, 0.3) is 10.2 Å². The van der Waals surface area contributed by atoms with Crippen LogP contribution < -0.4 is 0 Å². The number of hydrogen-bond acceptors (Lipinski definition) is 4. The Morgan fingerprint density at radius 3 is 2.62 bits per heavy atom. The minimum absolute atomic E-state index is 0.237. The molecule has 134 valence electrons. The number of carbonyl (C=O) groups is 1. The molecule has 0 atom stereocenters. The van der Waals surface area contributed by atoms with Crippen LogP contribution in [-0.2, 0) is 4.79 Å². The summed E-state index contributed by atoms with van der Waals surface area (Å²) in [5, 5.41) is 1.22. The van der Waals surface area contributed by atoms with E-state index in [1.54, 1.807) is 23.1 Å². The minimum Gasteiger partial charge on any atom is -0.342 e. The van der Waals surface area contributed by atoms with Gasteiger partial charge in [0, 0.05) is 28.4 Å². The van der Waals surface area contributed by atoms with Gasteiger partial charge in [-0.05, 0) is 49.2 Å². The van der Waals surface area contributed by atoms with E-state index in [1.165, 1.54) is 9.71 Å². The lowest BCUT2D eigenvalue weighted by atomic mass is 9.97. The first-order valence-electron chi connectivity index (χ1n) is 8.70. The molecule has 1 amide bonds. The average Bonchev–Trinajstić information content (AvgIpc) is 3.12. The Hall–Kier alpha value is -1.37.